The lowest BCUT2D eigenvalue weighted by molar-refractivity contribution is 0.185. The maximum atomic E-state index is 5.46. The minimum absolute atomic E-state index is 0. The van der Waals surface area contributed by atoms with E-state index in [1.807, 2.05) is 6.92 Å². The van der Waals surface area contributed by atoms with E-state index in [0.717, 1.165) is 38.5 Å². The van der Waals surface area contributed by atoms with Crippen molar-refractivity contribution in [3.05, 3.63) is 29.8 Å². The molecule has 1 saturated heterocycles. The smallest absolute Gasteiger partial charge is 0.119 e. The van der Waals surface area contributed by atoms with Gasteiger partial charge in [-0.05, 0) is 31.5 Å². The topological polar surface area (TPSA) is 24.5 Å². The largest absolute Gasteiger partial charge is 0.494 e. The SMILES string of the molecule is CCOc1ccc([C@H](C)N2CCNCC2)cc1.Cl.Cl. The van der Waals surface area contributed by atoms with Crippen molar-refractivity contribution in [2.24, 2.45) is 0 Å². The number of benzene rings is 1. The molecule has 0 aliphatic carbocycles. The lowest BCUT2D eigenvalue weighted by atomic mass is 10.1. The van der Waals surface area contributed by atoms with Crippen LogP contribution >= 0.6 is 24.8 Å². The molecular formula is C14H24Cl2N2O. The van der Waals surface area contributed by atoms with E-state index >= 15 is 0 Å². The summed E-state index contributed by atoms with van der Waals surface area (Å²) in [6.45, 7) is 9.48. The third-order valence-electron chi connectivity index (χ3n) is 3.37. The summed E-state index contributed by atoms with van der Waals surface area (Å²) in [6.07, 6.45) is 0. The molecule has 0 spiro atoms. The minimum Gasteiger partial charge on any atom is -0.494 e. The van der Waals surface area contributed by atoms with Gasteiger partial charge in [-0.3, -0.25) is 4.90 Å². The first-order valence-corrected chi connectivity index (χ1v) is 6.49. The molecule has 19 heavy (non-hydrogen) atoms. The lowest BCUT2D eigenvalue weighted by Gasteiger charge is -2.33. The van der Waals surface area contributed by atoms with E-state index in [1.54, 1.807) is 0 Å². The first kappa shape index (κ1) is 18.5. The van der Waals surface area contributed by atoms with Crippen LogP contribution in [0.4, 0.5) is 0 Å². The van der Waals surface area contributed by atoms with E-state index in [4.69, 9.17) is 4.74 Å². The molecule has 0 bridgehead atoms. The van der Waals surface area contributed by atoms with E-state index in [9.17, 15) is 0 Å². The molecule has 1 heterocycles. The molecule has 0 amide bonds. The quantitative estimate of drug-likeness (QED) is 0.926. The van der Waals surface area contributed by atoms with Crippen molar-refractivity contribution in [3.63, 3.8) is 0 Å². The predicted molar refractivity (Wildman–Crippen MR) is 85.0 cm³/mol. The monoisotopic (exact) mass is 306 g/mol. The molecule has 1 N–H and O–H groups in total. The van der Waals surface area contributed by atoms with Crippen LogP contribution in [-0.2, 0) is 0 Å². The number of ether oxygens (including phenoxy) is 1. The molecule has 0 unspecified atom stereocenters. The molecule has 1 aliphatic heterocycles. The van der Waals surface area contributed by atoms with E-state index in [-0.39, 0.29) is 24.8 Å². The Morgan fingerprint density at radius 1 is 1.16 bits per heavy atom. The Kier molecular flexibility index (Phi) is 9.19. The van der Waals surface area contributed by atoms with Crippen molar-refractivity contribution in [3.8, 4) is 5.75 Å². The molecule has 1 fully saturated rings. The van der Waals surface area contributed by atoms with E-state index in [0.29, 0.717) is 6.04 Å². The molecule has 1 aromatic carbocycles. The molecular weight excluding hydrogens is 283 g/mol. The fourth-order valence-corrected chi connectivity index (χ4v) is 2.29. The molecule has 0 aromatic heterocycles. The van der Waals surface area contributed by atoms with Gasteiger partial charge in [0.25, 0.3) is 0 Å². The Labute approximate surface area is 128 Å². The Balaban J connectivity index is 0.00000162. The normalized spacial score (nSPS) is 16.9. The Hall–Kier alpha value is -0.480. The van der Waals surface area contributed by atoms with Crippen LogP contribution in [0.3, 0.4) is 0 Å². The molecule has 3 nitrogen and oxygen atoms in total. The van der Waals surface area contributed by atoms with Gasteiger partial charge in [0.15, 0.2) is 0 Å². The van der Waals surface area contributed by atoms with Crippen molar-refractivity contribution in [1.29, 1.82) is 0 Å². The summed E-state index contributed by atoms with van der Waals surface area (Å²) in [5.74, 6) is 0.962. The van der Waals surface area contributed by atoms with Gasteiger partial charge < -0.3 is 10.1 Å². The highest BCUT2D eigenvalue weighted by Gasteiger charge is 2.17. The second kappa shape index (κ2) is 9.43. The highest BCUT2D eigenvalue weighted by molar-refractivity contribution is 5.85. The molecule has 2 rings (SSSR count). The van der Waals surface area contributed by atoms with E-state index in [2.05, 4.69) is 41.4 Å². The first-order chi connectivity index (χ1) is 8.31. The molecule has 0 radical (unpaired) electrons. The summed E-state index contributed by atoms with van der Waals surface area (Å²) in [4.78, 5) is 2.52. The summed E-state index contributed by atoms with van der Waals surface area (Å²) in [7, 11) is 0. The number of rotatable bonds is 4. The number of nitrogens with zero attached hydrogens (tertiary/aromatic N) is 1. The summed E-state index contributed by atoms with van der Waals surface area (Å²) in [6, 6.07) is 8.98. The number of hydrogen-bond acceptors (Lipinski definition) is 3. The van der Waals surface area contributed by atoms with E-state index in [1.165, 1.54) is 5.56 Å². The molecule has 1 atom stereocenters. The van der Waals surface area contributed by atoms with Gasteiger partial charge in [-0.1, -0.05) is 12.1 Å². The Bertz CT molecular complexity index is 340. The van der Waals surface area contributed by atoms with Crippen molar-refractivity contribution < 1.29 is 4.74 Å². The average molecular weight is 307 g/mol. The number of nitrogens with one attached hydrogen (secondary N) is 1. The maximum Gasteiger partial charge on any atom is 0.119 e. The number of halogens is 2. The maximum absolute atomic E-state index is 5.46. The van der Waals surface area contributed by atoms with Crippen LogP contribution in [0, 0.1) is 0 Å². The second-order valence-electron chi connectivity index (χ2n) is 4.46. The van der Waals surface area contributed by atoms with Gasteiger partial charge in [0.05, 0.1) is 6.61 Å². The molecule has 1 aromatic rings. The average Bonchev–Trinajstić information content (AvgIpc) is 2.40. The molecule has 0 saturated carbocycles. The lowest BCUT2D eigenvalue weighted by Crippen LogP contribution is -2.44. The van der Waals surface area contributed by atoms with Gasteiger partial charge in [0, 0.05) is 32.2 Å². The molecule has 110 valence electrons. The zero-order valence-corrected chi connectivity index (χ0v) is 13.2. The fourth-order valence-electron chi connectivity index (χ4n) is 2.29. The third kappa shape index (κ3) is 5.19. The summed E-state index contributed by atoms with van der Waals surface area (Å²) < 4.78 is 5.46. The fraction of sp³-hybridized carbons (Fsp3) is 0.571. The highest BCUT2D eigenvalue weighted by atomic mass is 35.5. The minimum atomic E-state index is 0. The predicted octanol–water partition coefficient (Wildman–Crippen LogP) is 2.90. The van der Waals surface area contributed by atoms with Crippen LogP contribution in [0.25, 0.3) is 0 Å². The van der Waals surface area contributed by atoms with Crippen LogP contribution < -0.4 is 10.1 Å². The summed E-state index contributed by atoms with van der Waals surface area (Å²) in [5, 5.41) is 3.39. The van der Waals surface area contributed by atoms with Gasteiger partial charge in [0.1, 0.15) is 5.75 Å². The third-order valence-corrected chi connectivity index (χ3v) is 3.37. The van der Waals surface area contributed by atoms with Gasteiger partial charge in [-0.15, -0.1) is 24.8 Å². The van der Waals surface area contributed by atoms with Crippen LogP contribution in [0.2, 0.25) is 0 Å². The van der Waals surface area contributed by atoms with Crippen LogP contribution in [0.5, 0.6) is 5.75 Å². The van der Waals surface area contributed by atoms with Gasteiger partial charge in [0.2, 0.25) is 0 Å². The Morgan fingerprint density at radius 2 is 1.74 bits per heavy atom. The standard InChI is InChI=1S/C14H22N2O.2ClH/c1-3-17-14-6-4-13(5-7-14)12(2)16-10-8-15-9-11-16;;/h4-7,12,15H,3,8-11H2,1-2H3;2*1H/t12-;;/m0../s1. The van der Waals surface area contributed by atoms with Crippen LogP contribution in [-0.4, -0.2) is 37.7 Å². The highest BCUT2D eigenvalue weighted by Crippen LogP contribution is 2.22. The molecule has 5 heteroatoms. The zero-order chi connectivity index (χ0) is 12.1. The number of piperazine rings is 1. The number of hydrogen-bond donors (Lipinski definition) is 1. The Morgan fingerprint density at radius 3 is 2.26 bits per heavy atom. The van der Waals surface area contributed by atoms with Gasteiger partial charge in [-0.2, -0.15) is 0 Å². The van der Waals surface area contributed by atoms with Crippen molar-refractivity contribution in [2.45, 2.75) is 19.9 Å². The van der Waals surface area contributed by atoms with Gasteiger partial charge in [-0.25, -0.2) is 0 Å². The van der Waals surface area contributed by atoms with Crippen molar-refractivity contribution in [1.82, 2.24) is 10.2 Å². The van der Waals surface area contributed by atoms with Crippen molar-refractivity contribution in [2.75, 3.05) is 32.8 Å². The van der Waals surface area contributed by atoms with Crippen LogP contribution in [0.15, 0.2) is 24.3 Å². The summed E-state index contributed by atoms with van der Waals surface area (Å²) in [5.41, 5.74) is 1.37. The molecule has 1 aliphatic rings. The van der Waals surface area contributed by atoms with E-state index < -0.39 is 0 Å². The van der Waals surface area contributed by atoms with Crippen LogP contribution in [0.1, 0.15) is 25.5 Å². The first-order valence-electron chi connectivity index (χ1n) is 6.49. The zero-order valence-electron chi connectivity index (χ0n) is 11.6. The van der Waals surface area contributed by atoms with Crippen molar-refractivity contribution >= 4 is 24.8 Å². The van der Waals surface area contributed by atoms with Gasteiger partial charge >= 0.3 is 0 Å². The second-order valence-corrected chi connectivity index (χ2v) is 4.46. The summed E-state index contributed by atoms with van der Waals surface area (Å²) >= 11 is 0.